The Morgan fingerprint density at radius 1 is 1.16 bits per heavy atom. The molecule has 2 N–H and O–H groups in total. The maximum atomic E-state index is 12.8. The Kier molecular flexibility index (Phi) is 9.72. The van der Waals surface area contributed by atoms with Gasteiger partial charge >= 0.3 is 5.97 Å². The molecule has 0 unspecified atom stereocenters. The van der Waals surface area contributed by atoms with Crippen molar-refractivity contribution in [2.45, 2.75) is 142 Å². The van der Waals surface area contributed by atoms with E-state index in [4.69, 9.17) is 14.2 Å². The fourth-order valence-corrected chi connectivity index (χ4v) is 8.61. The Bertz CT molecular complexity index is 1230. The lowest BCUT2D eigenvalue weighted by molar-refractivity contribution is -0.155. The number of aryl methyl sites for hydroxylation is 1. The molecule has 1 aromatic rings. The van der Waals surface area contributed by atoms with Gasteiger partial charge in [-0.1, -0.05) is 64.1 Å². The Hall–Kier alpha value is -2.25. The predicted molar refractivity (Wildman–Crippen MR) is 167 cm³/mol. The highest BCUT2D eigenvalue weighted by Crippen LogP contribution is 2.60. The number of ether oxygens (including phenoxy) is 1. The molecular formula is C36H54N2O5. The van der Waals surface area contributed by atoms with Gasteiger partial charge in [0.15, 0.2) is 5.82 Å². The second kappa shape index (κ2) is 13.0. The molecule has 43 heavy (non-hydrogen) atoms. The Morgan fingerprint density at radius 3 is 2.63 bits per heavy atom. The van der Waals surface area contributed by atoms with Gasteiger partial charge in [-0.15, -0.1) is 0 Å². The molecular weight excluding hydrogens is 540 g/mol. The molecule has 4 aliphatic rings. The van der Waals surface area contributed by atoms with Gasteiger partial charge in [-0.25, -0.2) is 0 Å². The first-order valence-electron chi connectivity index (χ1n) is 17.0. The van der Waals surface area contributed by atoms with Crippen LogP contribution in [0.15, 0.2) is 40.0 Å². The summed E-state index contributed by atoms with van der Waals surface area (Å²) in [5.41, 5.74) is 3.14. The van der Waals surface area contributed by atoms with Crippen molar-refractivity contribution < 1.29 is 24.3 Å². The smallest absolute Gasteiger partial charge is 0.308 e. The molecule has 1 heterocycles. The van der Waals surface area contributed by atoms with Crippen LogP contribution in [-0.4, -0.2) is 44.6 Å². The molecule has 0 radical (unpaired) electrons. The van der Waals surface area contributed by atoms with Crippen LogP contribution in [0.5, 0.6) is 0 Å². The molecule has 0 bridgehead atoms. The van der Waals surface area contributed by atoms with Crippen molar-refractivity contribution in [3.63, 3.8) is 0 Å². The third-order valence-electron chi connectivity index (χ3n) is 11.4. The quantitative estimate of drug-likeness (QED) is 0.262. The third-order valence-corrected chi connectivity index (χ3v) is 11.4. The summed E-state index contributed by atoms with van der Waals surface area (Å²) in [6.45, 7) is 14.9. The van der Waals surface area contributed by atoms with Crippen molar-refractivity contribution in [3.05, 3.63) is 47.2 Å². The highest BCUT2D eigenvalue weighted by molar-refractivity contribution is 5.72. The summed E-state index contributed by atoms with van der Waals surface area (Å²) in [6.07, 6.45) is 15.3. The molecule has 4 saturated carbocycles. The van der Waals surface area contributed by atoms with E-state index in [-0.39, 0.29) is 28.8 Å². The van der Waals surface area contributed by atoms with Gasteiger partial charge in [-0.2, -0.15) is 4.98 Å². The van der Waals surface area contributed by atoms with Crippen LogP contribution < -0.4 is 0 Å². The molecule has 0 saturated heterocycles. The minimum absolute atomic E-state index is 0.151. The topological polar surface area (TPSA) is 106 Å². The van der Waals surface area contributed by atoms with E-state index in [2.05, 4.69) is 44.7 Å². The molecule has 4 fully saturated rings. The number of hydrogen-bond acceptors (Lipinski definition) is 7. The zero-order valence-corrected chi connectivity index (χ0v) is 27.1. The molecule has 1 aromatic heterocycles. The predicted octanol–water partition coefficient (Wildman–Crippen LogP) is 7.18. The molecule has 4 aliphatic carbocycles. The average Bonchev–Trinajstić information content (AvgIpc) is 3.49. The Balaban J connectivity index is 1.29. The van der Waals surface area contributed by atoms with Crippen LogP contribution in [-0.2, 0) is 21.4 Å². The van der Waals surface area contributed by atoms with Crippen molar-refractivity contribution in [2.75, 3.05) is 0 Å². The normalized spacial score (nSPS) is 33.5. The molecule has 7 heteroatoms. The molecule has 0 aliphatic heterocycles. The minimum atomic E-state index is -0.654. The van der Waals surface area contributed by atoms with E-state index in [1.807, 2.05) is 13.8 Å². The second-order valence-corrected chi connectivity index (χ2v) is 14.7. The van der Waals surface area contributed by atoms with Gasteiger partial charge < -0.3 is 19.5 Å². The van der Waals surface area contributed by atoms with Crippen LogP contribution in [0, 0.1) is 29.1 Å². The molecule has 7 atom stereocenters. The number of nitrogens with zero attached hydrogens (tertiary/aromatic N) is 2. The fourth-order valence-electron chi connectivity index (χ4n) is 8.61. The van der Waals surface area contributed by atoms with E-state index in [0.29, 0.717) is 36.5 Å². The highest BCUT2D eigenvalue weighted by atomic mass is 16.5. The standard InChI is InChI=1S/C36H54N2O5/c1-7-9-32-37-34(43-38-32)36(18-19-36)31(42-33(41)22(2)3)16-11-23(4)28-14-15-29-25(10-8-17-35(28,29)6)12-13-26-20-27(39)21-30(40)24(26)5/h12-13,22-23,27-31,39-40H,5,7-11,14-21H2,1-4,6H3/t23-,27-,28-,29+,30+,31+,35-/m1/s1. The van der Waals surface area contributed by atoms with E-state index in [0.717, 1.165) is 61.9 Å². The largest absolute Gasteiger partial charge is 0.461 e. The zero-order chi connectivity index (χ0) is 30.9. The second-order valence-electron chi connectivity index (χ2n) is 14.7. The van der Waals surface area contributed by atoms with Gasteiger partial charge in [-0.3, -0.25) is 4.79 Å². The number of carbonyl (C=O) groups is 1. The van der Waals surface area contributed by atoms with Crippen LogP contribution in [0.3, 0.4) is 0 Å². The van der Waals surface area contributed by atoms with Crippen LogP contribution in [0.4, 0.5) is 0 Å². The first kappa shape index (κ1) is 32.2. The molecule has 7 nitrogen and oxygen atoms in total. The minimum Gasteiger partial charge on any atom is -0.461 e. The number of aliphatic hydroxyl groups is 2. The summed E-state index contributed by atoms with van der Waals surface area (Å²) in [4.78, 5) is 17.6. The number of rotatable bonds is 11. The average molecular weight is 595 g/mol. The maximum absolute atomic E-state index is 12.8. The summed E-state index contributed by atoms with van der Waals surface area (Å²) in [7, 11) is 0. The molecule has 0 aromatic carbocycles. The summed E-state index contributed by atoms with van der Waals surface area (Å²) in [5.74, 6) is 2.73. The van der Waals surface area contributed by atoms with Gasteiger partial charge in [0, 0.05) is 12.8 Å². The van der Waals surface area contributed by atoms with Crippen molar-refractivity contribution in [1.82, 2.24) is 10.1 Å². The fraction of sp³-hybridized carbons (Fsp3) is 0.750. The summed E-state index contributed by atoms with van der Waals surface area (Å²) in [6, 6.07) is 0. The third kappa shape index (κ3) is 6.58. The first-order chi connectivity index (χ1) is 20.5. The van der Waals surface area contributed by atoms with Gasteiger partial charge in [0.2, 0.25) is 5.89 Å². The van der Waals surface area contributed by atoms with Crippen molar-refractivity contribution in [2.24, 2.45) is 29.1 Å². The van der Waals surface area contributed by atoms with Crippen LogP contribution in [0.2, 0.25) is 0 Å². The molecule has 0 amide bonds. The highest BCUT2D eigenvalue weighted by Gasteiger charge is 2.58. The number of esters is 1. The van der Waals surface area contributed by atoms with E-state index in [1.54, 1.807) is 0 Å². The van der Waals surface area contributed by atoms with E-state index >= 15 is 0 Å². The Labute approximate surface area is 258 Å². The maximum Gasteiger partial charge on any atom is 0.308 e. The summed E-state index contributed by atoms with van der Waals surface area (Å²) < 4.78 is 12.0. The number of hydrogen-bond donors (Lipinski definition) is 2. The molecule has 238 valence electrons. The SMILES string of the molecule is C=C1C(=CC=C2CCC[C@]3(C)[C@@H]([C@H](C)CC[C@H](OC(=O)C(C)C)C4(c5nc(CCC)no5)CC4)CC[C@@H]23)C[C@@H](O)C[C@@H]1O. The summed E-state index contributed by atoms with van der Waals surface area (Å²) in [5, 5.41) is 24.7. The lowest BCUT2D eigenvalue weighted by Crippen LogP contribution is -2.37. The van der Waals surface area contributed by atoms with Crippen LogP contribution >= 0.6 is 0 Å². The van der Waals surface area contributed by atoms with Gasteiger partial charge in [0.25, 0.3) is 0 Å². The summed E-state index contributed by atoms with van der Waals surface area (Å²) >= 11 is 0. The molecule has 0 spiro atoms. The monoisotopic (exact) mass is 594 g/mol. The van der Waals surface area contributed by atoms with E-state index in [1.165, 1.54) is 31.3 Å². The number of fused-ring (bicyclic) bond motifs is 1. The Morgan fingerprint density at radius 2 is 1.93 bits per heavy atom. The number of carbonyl (C=O) groups excluding carboxylic acids is 1. The number of aliphatic hydroxyl groups excluding tert-OH is 2. The van der Waals surface area contributed by atoms with Crippen LogP contribution in [0.1, 0.15) is 123 Å². The van der Waals surface area contributed by atoms with Crippen molar-refractivity contribution >= 4 is 5.97 Å². The zero-order valence-electron chi connectivity index (χ0n) is 27.1. The number of allylic oxidation sites excluding steroid dienone is 3. The van der Waals surface area contributed by atoms with Crippen molar-refractivity contribution in [3.8, 4) is 0 Å². The van der Waals surface area contributed by atoms with Gasteiger partial charge in [0.05, 0.1) is 23.5 Å². The lowest BCUT2D eigenvalue weighted by atomic mass is 9.60. The van der Waals surface area contributed by atoms with Crippen LogP contribution in [0.25, 0.3) is 0 Å². The van der Waals surface area contributed by atoms with E-state index in [9.17, 15) is 15.0 Å². The first-order valence-corrected chi connectivity index (χ1v) is 17.0. The van der Waals surface area contributed by atoms with Gasteiger partial charge in [0.1, 0.15) is 6.10 Å². The lowest BCUT2D eigenvalue weighted by Gasteiger charge is -2.44. The molecule has 5 rings (SSSR count). The van der Waals surface area contributed by atoms with Crippen molar-refractivity contribution in [1.29, 1.82) is 0 Å². The number of aromatic nitrogens is 2. The van der Waals surface area contributed by atoms with Gasteiger partial charge in [-0.05, 0) is 105 Å². The van der Waals surface area contributed by atoms with E-state index < -0.39 is 12.2 Å².